The van der Waals surface area contributed by atoms with E-state index in [1.54, 1.807) is 32.0 Å². The van der Waals surface area contributed by atoms with Crippen LogP contribution in [-0.4, -0.2) is 25.5 Å². The van der Waals surface area contributed by atoms with Crippen LogP contribution in [0.15, 0.2) is 35.2 Å². The topological polar surface area (TPSA) is 93.2 Å². The summed E-state index contributed by atoms with van der Waals surface area (Å²) in [5.41, 5.74) is 3.99. The molecule has 2 N–H and O–H groups in total. The zero-order valence-electron chi connectivity index (χ0n) is 11.9. The summed E-state index contributed by atoms with van der Waals surface area (Å²) >= 11 is 0. The first-order valence-corrected chi connectivity index (χ1v) is 7.63. The predicted molar refractivity (Wildman–Crippen MR) is 78.4 cm³/mol. The lowest BCUT2D eigenvalue weighted by molar-refractivity contribution is 0.414. The quantitative estimate of drug-likeness (QED) is 0.811. The number of methoxy groups -OCH3 is 1. The molecule has 8 heteroatoms. The molecule has 0 unspecified atom stereocenters. The van der Waals surface area contributed by atoms with Crippen molar-refractivity contribution in [1.82, 2.24) is 14.8 Å². The third-order valence-electron chi connectivity index (χ3n) is 2.65. The maximum absolute atomic E-state index is 12.1. The van der Waals surface area contributed by atoms with Crippen LogP contribution in [0.1, 0.15) is 11.4 Å². The number of hydrogen-bond donors (Lipinski definition) is 2. The molecule has 0 bridgehead atoms. The van der Waals surface area contributed by atoms with Crippen molar-refractivity contribution in [3.05, 3.63) is 41.7 Å². The van der Waals surface area contributed by atoms with Gasteiger partial charge in [-0.3, -0.25) is 5.43 Å². The van der Waals surface area contributed by atoms with Crippen molar-refractivity contribution in [2.24, 2.45) is 0 Å². The lowest BCUT2D eigenvalue weighted by atomic mass is 10.3. The number of aromatic nitrogens is 2. The molecule has 0 saturated heterocycles. The lowest BCUT2D eigenvalue weighted by Crippen LogP contribution is -2.30. The standard InChI is InChI=1S/C13H16N4O3S/c1-9-8-10(2)15-13(14-9)16-17-21(18,19)12-6-4-11(20-3)5-7-12/h4-8,17H,1-3H3,(H,14,15,16). The van der Waals surface area contributed by atoms with E-state index in [-0.39, 0.29) is 10.8 Å². The molecule has 0 aliphatic carbocycles. The molecule has 0 fully saturated rings. The molecule has 0 aliphatic heterocycles. The summed E-state index contributed by atoms with van der Waals surface area (Å²) in [6, 6.07) is 7.84. The number of nitrogens with zero attached hydrogens (tertiary/aromatic N) is 2. The number of nitrogens with one attached hydrogen (secondary N) is 2. The molecular weight excluding hydrogens is 292 g/mol. The number of hydrazine groups is 1. The Morgan fingerprint density at radius 1 is 1.05 bits per heavy atom. The fourth-order valence-corrected chi connectivity index (χ4v) is 2.55. The van der Waals surface area contributed by atoms with Gasteiger partial charge in [-0.2, -0.15) is 0 Å². The molecule has 0 amide bonds. The van der Waals surface area contributed by atoms with Crippen LogP contribution in [0.3, 0.4) is 0 Å². The van der Waals surface area contributed by atoms with E-state index in [4.69, 9.17) is 4.74 Å². The first-order valence-electron chi connectivity index (χ1n) is 6.15. The number of aryl methyl sites for hydroxylation is 2. The highest BCUT2D eigenvalue weighted by molar-refractivity contribution is 7.89. The van der Waals surface area contributed by atoms with Gasteiger partial charge in [0.05, 0.1) is 12.0 Å². The highest BCUT2D eigenvalue weighted by atomic mass is 32.2. The van der Waals surface area contributed by atoms with E-state index in [9.17, 15) is 8.42 Å². The monoisotopic (exact) mass is 308 g/mol. The van der Waals surface area contributed by atoms with Gasteiger partial charge in [-0.15, -0.1) is 4.83 Å². The van der Waals surface area contributed by atoms with Crippen molar-refractivity contribution in [1.29, 1.82) is 0 Å². The van der Waals surface area contributed by atoms with Gasteiger partial charge in [0.1, 0.15) is 5.75 Å². The highest BCUT2D eigenvalue weighted by Gasteiger charge is 2.14. The summed E-state index contributed by atoms with van der Waals surface area (Å²) in [6.45, 7) is 3.61. The molecule has 1 aromatic heterocycles. The zero-order chi connectivity index (χ0) is 15.5. The Morgan fingerprint density at radius 2 is 1.62 bits per heavy atom. The second-order valence-electron chi connectivity index (χ2n) is 4.38. The number of anilines is 1. The van der Waals surface area contributed by atoms with Gasteiger partial charge < -0.3 is 4.74 Å². The van der Waals surface area contributed by atoms with Crippen molar-refractivity contribution in [3.63, 3.8) is 0 Å². The molecule has 0 atom stereocenters. The van der Waals surface area contributed by atoms with Crippen LogP contribution < -0.4 is 15.0 Å². The smallest absolute Gasteiger partial charge is 0.257 e. The highest BCUT2D eigenvalue weighted by Crippen LogP contribution is 2.15. The Morgan fingerprint density at radius 3 is 2.14 bits per heavy atom. The largest absolute Gasteiger partial charge is 0.497 e. The Hall–Kier alpha value is -2.19. The number of rotatable bonds is 5. The van der Waals surface area contributed by atoms with Crippen LogP contribution in [0.2, 0.25) is 0 Å². The van der Waals surface area contributed by atoms with Crippen LogP contribution in [0.4, 0.5) is 5.95 Å². The first-order chi connectivity index (χ1) is 9.90. The SMILES string of the molecule is COc1ccc(S(=O)(=O)NNc2nc(C)cc(C)n2)cc1. The van der Waals surface area contributed by atoms with Crippen molar-refractivity contribution >= 4 is 16.0 Å². The van der Waals surface area contributed by atoms with Gasteiger partial charge >= 0.3 is 0 Å². The summed E-state index contributed by atoms with van der Waals surface area (Å²) in [4.78, 5) is 10.5. The van der Waals surface area contributed by atoms with E-state index in [1.165, 1.54) is 19.2 Å². The molecule has 21 heavy (non-hydrogen) atoms. The fraction of sp³-hybridized carbons (Fsp3) is 0.231. The molecule has 112 valence electrons. The van der Waals surface area contributed by atoms with Gasteiger partial charge in [-0.1, -0.05) is 0 Å². The van der Waals surface area contributed by atoms with Crippen molar-refractivity contribution in [2.45, 2.75) is 18.7 Å². The molecule has 0 spiro atoms. The molecule has 0 radical (unpaired) electrons. The summed E-state index contributed by atoms with van der Waals surface area (Å²) < 4.78 is 29.2. The van der Waals surface area contributed by atoms with E-state index in [0.29, 0.717) is 5.75 Å². The minimum Gasteiger partial charge on any atom is -0.497 e. The van der Waals surface area contributed by atoms with E-state index in [1.807, 2.05) is 0 Å². The van der Waals surface area contributed by atoms with Gasteiger partial charge in [0.2, 0.25) is 5.95 Å². The molecule has 7 nitrogen and oxygen atoms in total. The molecule has 2 aromatic rings. The molecular formula is C13H16N4O3S. The van der Waals surface area contributed by atoms with E-state index >= 15 is 0 Å². The van der Waals surface area contributed by atoms with E-state index in [2.05, 4.69) is 20.2 Å². The normalized spacial score (nSPS) is 11.2. The van der Waals surface area contributed by atoms with Crippen molar-refractivity contribution in [2.75, 3.05) is 12.5 Å². The maximum atomic E-state index is 12.1. The second-order valence-corrected chi connectivity index (χ2v) is 6.06. The number of benzene rings is 1. The van der Waals surface area contributed by atoms with Gasteiger partial charge in [0, 0.05) is 11.4 Å². The Labute approximate surface area is 123 Å². The van der Waals surface area contributed by atoms with E-state index in [0.717, 1.165) is 11.4 Å². The third kappa shape index (κ3) is 3.89. The number of hydrogen-bond acceptors (Lipinski definition) is 6. The van der Waals surface area contributed by atoms with E-state index < -0.39 is 10.0 Å². The summed E-state index contributed by atoms with van der Waals surface area (Å²) in [7, 11) is -2.19. The Bertz CT molecular complexity index is 709. The molecule has 0 aliphatic rings. The average molecular weight is 308 g/mol. The summed E-state index contributed by atoms with van der Waals surface area (Å²) in [5.74, 6) is 0.782. The van der Waals surface area contributed by atoms with Crippen LogP contribution in [0.5, 0.6) is 5.75 Å². The molecule has 2 rings (SSSR count). The van der Waals surface area contributed by atoms with Gasteiger partial charge in [0.25, 0.3) is 10.0 Å². The predicted octanol–water partition coefficient (Wildman–Crippen LogP) is 1.41. The minimum absolute atomic E-state index is 0.111. The molecule has 0 saturated carbocycles. The van der Waals surface area contributed by atoms with Crippen molar-refractivity contribution < 1.29 is 13.2 Å². The third-order valence-corrected chi connectivity index (χ3v) is 3.91. The van der Waals surface area contributed by atoms with Crippen molar-refractivity contribution in [3.8, 4) is 5.75 Å². The Kier molecular flexibility index (Phi) is 4.39. The zero-order valence-corrected chi connectivity index (χ0v) is 12.7. The van der Waals surface area contributed by atoms with Crippen LogP contribution in [0.25, 0.3) is 0 Å². The summed E-state index contributed by atoms with van der Waals surface area (Å²) in [6.07, 6.45) is 0. The average Bonchev–Trinajstić information content (AvgIpc) is 2.44. The van der Waals surface area contributed by atoms with Crippen LogP contribution in [-0.2, 0) is 10.0 Å². The van der Waals surface area contributed by atoms with Gasteiger partial charge in [-0.05, 0) is 44.2 Å². The Balaban J connectivity index is 2.13. The molecule has 1 heterocycles. The fourth-order valence-electron chi connectivity index (χ4n) is 1.71. The minimum atomic E-state index is -3.71. The van der Waals surface area contributed by atoms with Crippen LogP contribution in [0, 0.1) is 13.8 Å². The number of ether oxygens (including phenoxy) is 1. The van der Waals surface area contributed by atoms with Gasteiger partial charge in [0.15, 0.2) is 0 Å². The lowest BCUT2D eigenvalue weighted by Gasteiger charge is -2.09. The second kappa shape index (κ2) is 6.06. The maximum Gasteiger partial charge on any atom is 0.257 e. The molecule has 1 aromatic carbocycles. The first kappa shape index (κ1) is 15.2. The number of sulfonamides is 1. The summed E-state index contributed by atoms with van der Waals surface area (Å²) in [5, 5.41) is 0. The van der Waals surface area contributed by atoms with Crippen LogP contribution >= 0.6 is 0 Å². The van der Waals surface area contributed by atoms with Gasteiger partial charge in [-0.25, -0.2) is 18.4 Å².